The van der Waals surface area contributed by atoms with Crippen LogP contribution in [0.4, 0.5) is 0 Å². The Morgan fingerprint density at radius 2 is 1.04 bits per heavy atom. The maximum absolute atomic E-state index is 12.1. The molecular formula is C21H36O6. The molecule has 6 heteroatoms. The molecule has 0 N–H and O–H groups in total. The molecule has 0 aromatic heterocycles. The third-order valence-electron chi connectivity index (χ3n) is 4.56. The van der Waals surface area contributed by atoms with Crippen LogP contribution in [0.5, 0.6) is 0 Å². The first-order valence-electron chi connectivity index (χ1n) is 9.97. The topological polar surface area (TPSA) is 78.9 Å². The fourth-order valence-corrected chi connectivity index (χ4v) is 2.93. The zero-order valence-electron chi connectivity index (χ0n) is 17.4. The SMILES string of the molecule is CCCCCCCCCCCCC(C(=O)OC)=C(CC(=O)OC)C(=O)OC. The average Bonchev–Trinajstić information content (AvgIpc) is 2.69. The number of carbonyl (C=O) groups excluding carboxylic acids is 3. The van der Waals surface area contributed by atoms with Gasteiger partial charge in [0.15, 0.2) is 0 Å². The Morgan fingerprint density at radius 1 is 0.593 bits per heavy atom. The zero-order chi connectivity index (χ0) is 20.5. The van der Waals surface area contributed by atoms with Crippen molar-refractivity contribution in [3.8, 4) is 0 Å². The molecule has 0 saturated carbocycles. The molecule has 0 heterocycles. The Hall–Kier alpha value is -1.85. The van der Waals surface area contributed by atoms with Gasteiger partial charge in [-0.1, -0.05) is 64.7 Å². The van der Waals surface area contributed by atoms with E-state index in [4.69, 9.17) is 9.47 Å². The molecule has 27 heavy (non-hydrogen) atoms. The third-order valence-corrected chi connectivity index (χ3v) is 4.56. The second-order valence-corrected chi connectivity index (χ2v) is 6.63. The van der Waals surface area contributed by atoms with Crippen LogP contribution < -0.4 is 0 Å². The van der Waals surface area contributed by atoms with Crippen molar-refractivity contribution in [3.05, 3.63) is 11.1 Å². The molecule has 0 amide bonds. The molecule has 0 rings (SSSR count). The van der Waals surface area contributed by atoms with Crippen LogP contribution in [0.15, 0.2) is 11.1 Å². The summed E-state index contributed by atoms with van der Waals surface area (Å²) in [7, 11) is 3.71. The van der Waals surface area contributed by atoms with Gasteiger partial charge in [-0.15, -0.1) is 0 Å². The van der Waals surface area contributed by atoms with Crippen molar-refractivity contribution in [2.45, 2.75) is 84.0 Å². The van der Waals surface area contributed by atoms with Gasteiger partial charge in [-0.3, -0.25) is 4.79 Å². The number of hydrogen-bond acceptors (Lipinski definition) is 6. The Kier molecular flexibility index (Phi) is 15.2. The van der Waals surface area contributed by atoms with Gasteiger partial charge in [-0.05, 0) is 12.8 Å². The molecule has 0 unspecified atom stereocenters. The summed E-state index contributed by atoms with van der Waals surface area (Å²) in [5.41, 5.74) is 0.224. The summed E-state index contributed by atoms with van der Waals surface area (Å²) >= 11 is 0. The second-order valence-electron chi connectivity index (χ2n) is 6.63. The highest BCUT2D eigenvalue weighted by Crippen LogP contribution is 2.21. The predicted octanol–water partition coefficient (Wildman–Crippen LogP) is 4.50. The average molecular weight is 385 g/mol. The molecule has 0 bridgehead atoms. The normalized spacial score (nSPS) is 11.6. The van der Waals surface area contributed by atoms with Crippen LogP contribution in [0.2, 0.25) is 0 Å². The van der Waals surface area contributed by atoms with Crippen LogP contribution in [-0.4, -0.2) is 39.2 Å². The number of methoxy groups -OCH3 is 3. The predicted molar refractivity (Wildman–Crippen MR) is 104 cm³/mol. The van der Waals surface area contributed by atoms with Crippen molar-refractivity contribution < 1.29 is 28.6 Å². The highest BCUT2D eigenvalue weighted by Gasteiger charge is 2.24. The summed E-state index contributed by atoms with van der Waals surface area (Å²) < 4.78 is 14.1. The quantitative estimate of drug-likeness (QED) is 0.179. The molecular weight excluding hydrogens is 348 g/mol. The lowest BCUT2D eigenvalue weighted by atomic mass is 9.98. The number of hydrogen-bond donors (Lipinski definition) is 0. The largest absolute Gasteiger partial charge is 0.469 e. The molecule has 0 spiro atoms. The lowest BCUT2D eigenvalue weighted by molar-refractivity contribution is -0.143. The van der Waals surface area contributed by atoms with Gasteiger partial charge in [0.2, 0.25) is 0 Å². The summed E-state index contributed by atoms with van der Waals surface area (Å²) in [6, 6.07) is 0. The summed E-state index contributed by atoms with van der Waals surface area (Å²) in [5.74, 6) is -1.90. The summed E-state index contributed by atoms with van der Waals surface area (Å²) in [4.78, 5) is 35.7. The maximum atomic E-state index is 12.1. The first-order chi connectivity index (χ1) is 13.0. The molecule has 0 radical (unpaired) electrons. The van der Waals surface area contributed by atoms with E-state index in [-0.39, 0.29) is 17.6 Å². The van der Waals surface area contributed by atoms with E-state index >= 15 is 0 Å². The zero-order valence-corrected chi connectivity index (χ0v) is 17.4. The summed E-state index contributed by atoms with van der Waals surface area (Å²) in [6.07, 6.45) is 11.8. The van der Waals surface area contributed by atoms with E-state index in [9.17, 15) is 14.4 Å². The molecule has 0 aliphatic rings. The van der Waals surface area contributed by atoms with Gasteiger partial charge in [-0.25, -0.2) is 9.59 Å². The van der Waals surface area contributed by atoms with E-state index < -0.39 is 17.9 Å². The van der Waals surface area contributed by atoms with Gasteiger partial charge in [-0.2, -0.15) is 0 Å². The van der Waals surface area contributed by atoms with Crippen molar-refractivity contribution >= 4 is 17.9 Å². The lowest BCUT2D eigenvalue weighted by Crippen LogP contribution is -2.18. The molecule has 0 aliphatic carbocycles. The minimum atomic E-state index is -0.701. The van der Waals surface area contributed by atoms with E-state index in [0.717, 1.165) is 19.3 Å². The molecule has 156 valence electrons. The number of carbonyl (C=O) groups is 3. The van der Waals surface area contributed by atoms with Crippen LogP contribution in [0, 0.1) is 0 Å². The van der Waals surface area contributed by atoms with Gasteiger partial charge >= 0.3 is 17.9 Å². The number of ether oxygens (including phenoxy) is 3. The molecule has 0 aromatic carbocycles. The molecule has 0 fully saturated rings. The number of esters is 3. The van der Waals surface area contributed by atoms with Gasteiger partial charge in [0.1, 0.15) is 0 Å². The molecule has 0 saturated heterocycles. The first kappa shape index (κ1) is 25.1. The monoisotopic (exact) mass is 384 g/mol. The van der Waals surface area contributed by atoms with E-state index in [2.05, 4.69) is 11.7 Å². The smallest absolute Gasteiger partial charge is 0.334 e. The fraction of sp³-hybridized carbons (Fsp3) is 0.762. The van der Waals surface area contributed by atoms with E-state index in [0.29, 0.717) is 6.42 Å². The number of rotatable bonds is 15. The van der Waals surface area contributed by atoms with Crippen molar-refractivity contribution in [3.63, 3.8) is 0 Å². The summed E-state index contributed by atoms with van der Waals surface area (Å²) in [6.45, 7) is 2.22. The van der Waals surface area contributed by atoms with E-state index in [1.807, 2.05) is 0 Å². The minimum Gasteiger partial charge on any atom is -0.469 e. The van der Waals surface area contributed by atoms with Gasteiger partial charge in [0.25, 0.3) is 0 Å². The van der Waals surface area contributed by atoms with Crippen LogP contribution in [-0.2, 0) is 28.6 Å². The lowest BCUT2D eigenvalue weighted by Gasteiger charge is -2.12. The molecule has 0 atom stereocenters. The maximum Gasteiger partial charge on any atom is 0.334 e. The first-order valence-corrected chi connectivity index (χ1v) is 9.97. The standard InChI is InChI=1S/C21H36O6/c1-5-6-7-8-9-10-11-12-13-14-15-17(20(23)26-3)18(21(24)27-4)16-19(22)25-2/h5-16H2,1-4H3. The van der Waals surface area contributed by atoms with Crippen LogP contribution in [0.1, 0.15) is 84.0 Å². The van der Waals surface area contributed by atoms with Crippen molar-refractivity contribution in [2.24, 2.45) is 0 Å². The molecule has 0 aliphatic heterocycles. The minimum absolute atomic E-state index is 0.0205. The van der Waals surface area contributed by atoms with E-state index in [1.165, 1.54) is 66.3 Å². The van der Waals surface area contributed by atoms with E-state index in [1.54, 1.807) is 0 Å². The number of unbranched alkanes of at least 4 members (excludes halogenated alkanes) is 9. The molecule has 6 nitrogen and oxygen atoms in total. The fourth-order valence-electron chi connectivity index (χ4n) is 2.93. The van der Waals surface area contributed by atoms with Gasteiger partial charge in [0, 0.05) is 5.57 Å². The Balaban J connectivity index is 4.56. The third kappa shape index (κ3) is 11.5. The highest BCUT2D eigenvalue weighted by molar-refractivity contribution is 6.03. The Labute approximate surface area is 163 Å². The summed E-state index contributed by atoms with van der Waals surface area (Å²) in [5, 5.41) is 0. The molecule has 0 aromatic rings. The Bertz CT molecular complexity index is 481. The van der Waals surface area contributed by atoms with Gasteiger partial charge in [0.05, 0.1) is 33.3 Å². The van der Waals surface area contributed by atoms with Crippen LogP contribution in [0.25, 0.3) is 0 Å². The Morgan fingerprint density at radius 3 is 1.48 bits per heavy atom. The van der Waals surface area contributed by atoms with Crippen LogP contribution in [0.3, 0.4) is 0 Å². The van der Waals surface area contributed by atoms with Crippen molar-refractivity contribution in [1.82, 2.24) is 0 Å². The van der Waals surface area contributed by atoms with Gasteiger partial charge < -0.3 is 14.2 Å². The van der Waals surface area contributed by atoms with Crippen LogP contribution >= 0.6 is 0 Å². The van der Waals surface area contributed by atoms with Crippen molar-refractivity contribution in [2.75, 3.05) is 21.3 Å². The van der Waals surface area contributed by atoms with Crippen molar-refractivity contribution in [1.29, 1.82) is 0 Å². The highest BCUT2D eigenvalue weighted by atomic mass is 16.5. The second kappa shape index (κ2) is 16.3.